The second kappa shape index (κ2) is 7.41. The van der Waals surface area contributed by atoms with Gasteiger partial charge >= 0.3 is 0 Å². The number of ether oxygens (including phenoxy) is 1. The van der Waals surface area contributed by atoms with Crippen molar-refractivity contribution in [3.8, 4) is 0 Å². The van der Waals surface area contributed by atoms with Crippen LogP contribution in [0.1, 0.15) is 38.6 Å². The highest BCUT2D eigenvalue weighted by molar-refractivity contribution is 5.82. The third kappa shape index (κ3) is 3.05. The smallest absolute Gasteiger partial charge is 0.165 e. The van der Waals surface area contributed by atoms with Gasteiger partial charge in [0.25, 0.3) is 0 Å². The molecule has 0 aromatic carbocycles. The summed E-state index contributed by atoms with van der Waals surface area (Å²) in [5, 5.41) is 3.64. The lowest BCUT2D eigenvalue weighted by atomic mass is 9.91. The van der Waals surface area contributed by atoms with E-state index in [2.05, 4.69) is 43.7 Å². The van der Waals surface area contributed by atoms with E-state index in [0.717, 1.165) is 62.0 Å². The zero-order chi connectivity index (χ0) is 17.9. The standard InChI is InChI=1S/C18H25N7O/c1-3-24-8-7-19-17(24)14(13-5-9-26-10-6-13)23-16-15-18(21-11-20-16)25(4-2)12-22-15/h7-8,11-14H,3-6,9-10H2,1-2H3,(H,20,21,23)/t14-/m0/s1. The van der Waals surface area contributed by atoms with Crippen LogP contribution in [0.4, 0.5) is 5.82 Å². The summed E-state index contributed by atoms with van der Waals surface area (Å²) in [6.07, 6.45) is 9.34. The van der Waals surface area contributed by atoms with Crippen LogP contribution in [0.25, 0.3) is 11.2 Å². The van der Waals surface area contributed by atoms with Crippen LogP contribution in [0.15, 0.2) is 25.0 Å². The zero-order valence-electron chi connectivity index (χ0n) is 15.3. The first-order valence-electron chi connectivity index (χ1n) is 9.33. The van der Waals surface area contributed by atoms with Gasteiger partial charge in [0, 0.05) is 38.7 Å². The average molecular weight is 355 g/mol. The van der Waals surface area contributed by atoms with Gasteiger partial charge < -0.3 is 19.2 Å². The van der Waals surface area contributed by atoms with Gasteiger partial charge in [-0.2, -0.15) is 0 Å². The highest BCUT2D eigenvalue weighted by Gasteiger charge is 2.29. The molecule has 3 aromatic heterocycles. The van der Waals surface area contributed by atoms with Crippen molar-refractivity contribution in [3.05, 3.63) is 30.9 Å². The molecular weight excluding hydrogens is 330 g/mol. The fraction of sp³-hybridized carbons (Fsp3) is 0.556. The van der Waals surface area contributed by atoms with E-state index in [0.29, 0.717) is 5.92 Å². The number of aromatic nitrogens is 6. The topological polar surface area (TPSA) is 82.7 Å². The summed E-state index contributed by atoms with van der Waals surface area (Å²) >= 11 is 0. The van der Waals surface area contributed by atoms with Gasteiger partial charge in [0.05, 0.1) is 12.4 Å². The van der Waals surface area contributed by atoms with Crippen LogP contribution < -0.4 is 5.32 Å². The maximum atomic E-state index is 5.57. The molecule has 3 aromatic rings. The second-order valence-electron chi connectivity index (χ2n) is 6.57. The van der Waals surface area contributed by atoms with Crippen LogP contribution in [-0.4, -0.2) is 42.3 Å². The number of rotatable bonds is 6. The Balaban J connectivity index is 1.72. The molecule has 26 heavy (non-hydrogen) atoms. The molecule has 0 aliphatic carbocycles. The minimum absolute atomic E-state index is 0.0683. The van der Waals surface area contributed by atoms with Gasteiger partial charge in [-0.25, -0.2) is 19.9 Å². The molecule has 1 N–H and O–H groups in total. The summed E-state index contributed by atoms with van der Waals surface area (Å²) in [7, 11) is 0. The molecule has 0 spiro atoms. The molecule has 1 aliphatic heterocycles. The second-order valence-corrected chi connectivity index (χ2v) is 6.57. The number of nitrogens with zero attached hydrogens (tertiary/aromatic N) is 6. The maximum absolute atomic E-state index is 5.57. The van der Waals surface area contributed by atoms with Gasteiger partial charge in [-0.05, 0) is 32.6 Å². The Bertz CT molecular complexity index is 865. The molecule has 8 nitrogen and oxygen atoms in total. The van der Waals surface area contributed by atoms with Gasteiger partial charge in [-0.3, -0.25) is 0 Å². The molecule has 4 rings (SSSR count). The van der Waals surface area contributed by atoms with Crippen molar-refractivity contribution in [2.45, 2.75) is 45.8 Å². The molecule has 0 saturated carbocycles. The van der Waals surface area contributed by atoms with E-state index in [1.165, 1.54) is 0 Å². The average Bonchev–Trinajstić information content (AvgIpc) is 3.33. The van der Waals surface area contributed by atoms with Crippen molar-refractivity contribution < 1.29 is 4.74 Å². The van der Waals surface area contributed by atoms with Crippen molar-refractivity contribution in [1.29, 1.82) is 0 Å². The van der Waals surface area contributed by atoms with Crippen molar-refractivity contribution in [2.24, 2.45) is 5.92 Å². The van der Waals surface area contributed by atoms with Gasteiger partial charge in [0.2, 0.25) is 0 Å². The summed E-state index contributed by atoms with van der Waals surface area (Å²) < 4.78 is 9.78. The lowest BCUT2D eigenvalue weighted by molar-refractivity contribution is 0.0593. The predicted molar refractivity (Wildman–Crippen MR) is 98.8 cm³/mol. The summed E-state index contributed by atoms with van der Waals surface area (Å²) in [6.45, 7) is 7.52. The first-order chi connectivity index (χ1) is 12.8. The van der Waals surface area contributed by atoms with E-state index in [1.807, 2.05) is 23.3 Å². The van der Waals surface area contributed by atoms with E-state index < -0.39 is 0 Å². The van der Waals surface area contributed by atoms with Crippen molar-refractivity contribution in [2.75, 3.05) is 18.5 Å². The Labute approximate surface area is 152 Å². The van der Waals surface area contributed by atoms with E-state index in [4.69, 9.17) is 4.74 Å². The van der Waals surface area contributed by atoms with Gasteiger partial charge in [-0.15, -0.1) is 0 Å². The van der Waals surface area contributed by atoms with Crippen molar-refractivity contribution in [3.63, 3.8) is 0 Å². The number of aryl methyl sites for hydroxylation is 2. The summed E-state index contributed by atoms with van der Waals surface area (Å²) in [5.74, 6) is 2.25. The molecule has 8 heteroatoms. The molecule has 0 bridgehead atoms. The van der Waals surface area contributed by atoms with Crippen LogP contribution in [0.3, 0.4) is 0 Å². The number of hydrogen-bond donors (Lipinski definition) is 1. The summed E-state index contributed by atoms with van der Waals surface area (Å²) in [5.41, 5.74) is 1.66. The van der Waals surface area contributed by atoms with Crippen molar-refractivity contribution >= 4 is 17.0 Å². The van der Waals surface area contributed by atoms with E-state index in [1.54, 1.807) is 6.33 Å². The number of nitrogens with one attached hydrogen (secondary N) is 1. The number of anilines is 1. The first kappa shape index (κ1) is 17.0. The Morgan fingerprint density at radius 1 is 1.12 bits per heavy atom. The van der Waals surface area contributed by atoms with Crippen LogP contribution in [0, 0.1) is 5.92 Å². The summed E-state index contributed by atoms with van der Waals surface area (Å²) in [4.78, 5) is 18.1. The van der Waals surface area contributed by atoms with Gasteiger partial charge in [0.15, 0.2) is 11.5 Å². The molecule has 0 radical (unpaired) electrons. The summed E-state index contributed by atoms with van der Waals surface area (Å²) in [6, 6.07) is 0.0683. The fourth-order valence-electron chi connectivity index (χ4n) is 3.67. The minimum atomic E-state index is 0.0683. The monoisotopic (exact) mass is 355 g/mol. The Morgan fingerprint density at radius 3 is 2.69 bits per heavy atom. The molecule has 1 fully saturated rings. The lowest BCUT2D eigenvalue weighted by Gasteiger charge is -2.31. The molecule has 1 aliphatic rings. The molecule has 0 unspecified atom stereocenters. The SMILES string of the molecule is CCn1ccnc1[C@@H](Nc1ncnc2c1ncn2CC)C1CCOCC1. The van der Waals surface area contributed by atoms with E-state index in [-0.39, 0.29) is 6.04 Å². The highest BCUT2D eigenvalue weighted by Crippen LogP contribution is 2.33. The number of fused-ring (bicyclic) bond motifs is 1. The zero-order valence-corrected chi connectivity index (χ0v) is 15.3. The van der Waals surface area contributed by atoms with Crippen molar-refractivity contribution in [1.82, 2.24) is 29.1 Å². The van der Waals surface area contributed by atoms with E-state index >= 15 is 0 Å². The molecule has 138 valence electrons. The number of imidazole rings is 2. The van der Waals surface area contributed by atoms with Crippen LogP contribution >= 0.6 is 0 Å². The largest absolute Gasteiger partial charge is 0.381 e. The number of hydrogen-bond acceptors (Lipinski definition) is 6. The maximum Gasteiger partial charge on any atom is 0.165 e. The highest BCUT2D eigenvalue weighted by atomic mass is 16.5. The van der Waals surface area contributed by atoms with Crippen LogP contribution in [-0.2, 0) is 17.8 Å². The van der Waals surface area contributed by atoms with Crippen LogP contribution in [0.5, 0.6) is 0 Å². The molecule has 4 heterocycles. The Morgan fingerprint density at radius 2 is 1.92 bits per heavy atom. The van der Waals surface area contributed by atoms with Gasteiger partial charge in [0.1, 0.15) is 17.7 Å². The molecule has 1 saturated heterocycles. The van der Waals surface area contributed by atoms with Gasteiger partial charge in [-0.1, -0.05) is 0 Å². The Hall–Kier alpha value is -2.48. The fourth-order valence-corrected chi connectivity index (χ4v) is 3.67. The molecule has 0 amide bonds. The predicted octanol–water partition coefficient (Wildman–Crippen LogP) is 2.64. The minimum Gasteiger partial charge on any atom is -0.381 e. The van der Waals surface area contributed by atoms with E-state index in [9.17, 15) is 0 Å². The van der Waals surface area contributed by atoms with Crippen LogP contribution in [0.2, 0.25) is 0 Å². The Kier molecular flexibility index (Phi) is 4.83. The molecular formula is C18H25N7O. The third-order valence-electron chi connectivity index (χ3n) is 5.14. The quantitative estimate of drug-likeness (QED) is 0.732. The first-order valence-corrected chi connectivity index (χ1v) is 9.33. The molecule has 1 atom stereocenters. The normalized spacial score (nSPS) is 16.8. The lowest BCUT2D eigenvalue weighted by Crippen LogP contribution is -2.29. The third-order valence-corrected chi connectivity index (χ3v) is 5.14.